The average molecular weight is 317 g/mol. The van der Waals surface area contributed by atoms with Gasteiger partial charge in [-0.1, -0.05) is 73.1 Å². The van der Waals surface area contributed by atoms with E-state index in [1.807, 2.05) is 0 Å². The van der Waals surface area contributed by atoms with Crippen molar-refractivity contribution < 1.29 is 8.85 Å². The molecule has 0 aliphatic carbocycles. The predicted octanol–water partition coefficient (Wildman–Crippen LogP) is 6.30. The van der Waals surface area contributed by atoms with Crippen LogP contribution in [0.1, 0.15) is 87.0 Å². The Morgan fingerprint density at radius 2 is 1.43 bits per heavy atom. The van der Waals surface area contributed by atoms with Crippen molar-refractivity contribution in [3.63, 3.8) is 0 Å². The fraction of sp³-hybridized carbons (Fsp3) is 1.00. The first kappa shape index (κ1) is 21.1. The molecular formula is C18H40O2Si. The summed E-state index contributed by atoms with van der Waals surface area (Å²) in [5.41, 5.74) is 0. The maximum absolute atomic E-state index is 6.40. The quantitative estimate of drug-likeness (QED) is 0.293. The molecule has 0 aliphatic rings. The lowest BCUT2D eigenvalue weighted by atomic mass is 9.92. The fourth-order valence-electron chi connectivity index (χ4n) is 3.30. The van der Waals surface area contributed by atoms with Gasteiger partial charge in [0, 0.05) is 18.3 Å². The molecule has 0 amide bonds. The highest BCUT2D eigenvalue weighted by Gasteiger charge is 2.53. The maximum atomic E-state index is 6.40. The van der Waals surface area contributed by atoms with E-state index < -0.39 is 8.56 Å². The van der Waals surface area contributed by atoms with Crippen molar-refractivity contribution in [2.75, 3.05) is 13.2 Å². The maximum Gasteiger partial charge on any atom is 0.344 e. The second-order valence-electron chi connectivity index (χ2n) is 6.84. The molecule has 0 aromatic rings. The van der Waals surface area contributed by atoms with Crippen molar-refractivity contribution in [1.82, 2.24) is 0 Å². The molecule has 0 aromatic heterocycles. The number of rotatable bonds is 13. The zero-order valence-electron chi connectivity index (χ0n) is 15.8. The van der Waals surface area contributed by atoms with Crippen LogP contribution >= 0.6 is 0 Å². The molecule has 2 nitrogen and oxygen atoms in total. The summed E-state index contributed by atoms with van der Waals surface area (Å²) < 4.78 is 12.8. The fourth-order valence-corrected chi connectivity index (χ4v) is 7.60. The molecular weight excluding hydrogens is 276 g/mol. The summed E-state index contributed by atoms with van der Waals surface area (Å²) in [5.74, 6) is 0.651. The minimum atomic E-state index is -2.17. The summed E-state index contributed by atoms with van der Waals surface area (Å²) in [4.78, 5) is 0. The first-order valence-corrected chi connectivity index (χ1v) is 11.2. The molecule has 0 fully saturated rings. The van der Waals surface area contributed by atoms with Gasteiger partial charge >= 0.3 is 8.56 Å². The van der Waals surface area contributed by atoms with Crippen LogP contribution in [0.5, 0.6) is 0 Å². The van der Waals surface area contributed by atoms with Crippen LogP contribution < -0.4 is 0 Å². The first-order valence-electron chi connectivity index (χ1n) is 9.19. The van der Waals surface area contributed by atoms with Crippen molar-refractivity contribution in [2.45, 2.75) is 98.1 Å². The van der Waals surface area contributed by atoms with E-state index in [9.17, 15) is 0 Å². The Morgan fingerprint density at radius 3 is 1.86 bits per heavy atom. The molecule has 1 unspecified atom stereocenters. The predicted molar refractivity (Wildman–Crippen MR) is 96.1 cm³/mol. The second kappa shape index (κ2) is 10.8. The summed E-state index contributed by atoms with van der Waals surface area (Å²) in [6.07, 6.45) is 7.67. The highest BCUT2D eigenvalue weighted by Crippen LogP contribution is 2.49. The van der Waals surface area contributed by atoms with Crippen molar-refractivity contribution in [2.24, 2.45) is 5.92 Å². The van der Waals surface area contributed by atoms with Gasteiger partial charge in [0.1, 0.15) is 0 Å². The Hall–Kier alpha value is 0.137. The molecule has 0 aliphatic heterocycles. The smallest absolute Gasteiger partial charge is 0.344 e. The molecule has 21 heavy (non-hydrogen) atoms. The van der Waals surface area contributed by atoms with E-state index in [-0.39, 0.29) is 5.04 Å². The van der Waals surface area contributed by atoms with Gasteiger partial charge in [-0.3, -0.25) is 0 Å². The molecule has 0 rings (SSSR count). The summed E-state index contributed by atoms with van der Waals surface area (Å²) in [6, 6.07) is 1.15. The largest absolute Gasteiger partial charge is 0.394 e. The van der Waals surface area contributed by atoms with Crippen LogP contribution in [-0.2, 0) is 8.85 Å². The molecule has 128 valence electrons. The van der Waals surface area contributed by atoms with Gasteiger partial charge in [-0.2, -0.15) is 0 Å². The molecule has 0 heterocycles. The van der Waals surface area contributed by atoms with Gasteiger partial charge in [0.25, 0.3) is 0 Å². The Morgan fingerprint density at radius 1 is 0.857 bits per heavy atom. The summed E-state index contributed by atoms with van der Waals surface area (Å²) in [7, 11) is -2.17. The van der Waals surface area contributed by atoms with Crippen LogP contribution in [0.25, 0.3) is 0 Å². The van der Waals surface area contributed by atoms with Gasteiger partial charge < -0.3 is 8.85 Å². The van der Waals surface area contributed by atoms with Crippen LogP contribution in [-0.4, -0.2) is 21.8 Å². The average Bonchev–Trinajstić information content (AvgIpc) is 2.44. The lowest BCUT2D eigenvalue weighted by molar-refractivity contribution is 0.139. The molecule has 0 spiro atoms. The van der Waals surface area contributed by atoms with E-state index in [1.54, 1.807) is 0 Å². The minimum Gasteiger partial charge on any atom is -0.394 e. The number of hydrogen-bond acceptors (Lipinski definition) is 2. The van der Waals surface area contributed by atoms with Crippen molar-refractivity contribution >= 4 is 8.56 Å². The molecule has 0 N–H and O–H groups in total. The topological polar surface area (TPSA) is 18.5 Å². The van der Waals surface area contributed by atoms with Crippen molar-refractivity contribution in [3.05, 3.63) is 0 Å². The summed E-state index contributed by atoms with van der Waals surface area (Å²) in [6.45, 7) is 17.5. The molecule has 0 bridgehead atoms. The van der Waals surface area contributed by atoms with E-state index in [0.717, 1.165) is 19.3 Å². The Labute approximate surface area is 135 Å². The van der Waals surface area contributed by atoms with E-state index in [2.05, 4.69) is 48.5 Å². The van der Waals surface area contributed by atoms with Gasteiger partial charge in [-0.15, -0.1) is 0 Å². The number of hydrogen-bond donors (Lipinski definition) is 0. The SMILES string of the molecule is CCCCCC[Si](OCC)(OCC)C(C)(C)C(C)CCC. The second-order valence-corrected chi connectivity index (χ2v) is 10.7. The highest BCUT2D eigenvalue weighted by molar-refractivity contribution is 6.70. The third-order valence-corrected chi connectivity index (χ3v) is 10.0. The lowest BCUT2D eigenvalue weighted by Gasteiger charge is -2.46. The van der Waals surface area contributed by atoms with Gasteiger partial charge in [-0.05, 0) is 25.8 Å². The van der Waals surface area contributed by atoms with Crippen LogP contribution in [0.15, 0.2) is 0 Å². The van der Waals surface area contributed by atoms with Crippen molar-refractivity contribution in [1.29, 1.82) is 0 Å². The van der Waals surface area contributed by atoms with Gasteiger partial charge in [-0.25, -0.2) is 0 Å². The number of unbranched alkanes of at least 4 members (excludes halogenated alkanes) is 3. The zero-order valence-corrected chi connectivity index (χ0v) is 16.8. The highest BCUT2D eigenvalue weighted by atomic mass is 28.4. The molecule has 0 radical (unpaired) electrons. The molecule has 3 heteroatoms. The monoisotopic (exact) mass is 316 g/mol. The van der Waals surface area contributed by atoms with E-state index in [0.29, 0.717) is 5.92 Å². The van der Waals surface area contributed by atoms with E-state index in [4.69, 9.17) is 8.85 Å². The van der Waals surface area contributed by atoms with Gasteiger partial charge in [0.2, 0.25) is 0 Å². The third kappa shape index (κ3) is 6.03. The molecule has 1 atom stereocenters. The Balaban J connectivity index is 5.12. The first-order chi connectivity index (χ1) is 9.91. The van der Waals surface area contributed by atoms with Crippen LogP contribution in [0.4, 0.5) is 0 Å². The zero-order chi connectivity index (χ0) is 16.4. The summed E-state index contributed by atoms with van der Waals surface area (Å²) >= 11 is 0. The van der Waals surface area contributed by atoms with Gasteiger partial charge in [0.15, 0.2) is 0 Å². The molecule has 0 saturated heterocycles. The normalized spacial score (nSPS) is 14.4. The minimum absolute atomic E-state index is 0.168. The lowest BCUT2D eigenvalue weighted by Crippen LogP contribution is -2.54. The van der Waals surface area contributed by atoms with Gasteiger partial charge in [0.05, 0.1) is 0 Å². The van der Waals surface area contributed by atoms with Crippen LogP contribution in [0, 0.1) is 5.92 Å². The Kier molecular flexibility index (Phi) is 10.9. The third-order valence-electron chi connectivity index (χ3n) is 5.05. The standard InChI is InChI=1S/C18H40O2Si/c1-8-12-13-14-16-21(19-10-3,20-11-4)18(6,7)17(5)15-9-2/h17H,8-16H2,1-7H3. The molecule has 0 saturated carbocycles. The molecule has 0 aromatic carbocycles. The van der Waals surface area contributed by atoms with E-state index in [1.165, 1.54) is 38.5 Å². The summed E-state index contributed by atoms with van der Waals surface area (Å²) in [5, 5.41) is 0.168. The van der Waals surface area contributed by atoms with Crippen LogP contribution in [0.3, 0.4) is 0 Å². The van der Waals surface area contributed by atoms with Crippen LogP contribution in [0.2, 0.25) is 11.1 Å². The Bertz CT molecular complexity index is 248. The van der Waals surface area contributed by atoms with Crippen molar-refractivity contribution in [3.8, 4) is 0 Å². The van der Waals surface area contributed by atoms with E-state index >= 15 is 0 Å².